The molecule has 0 radical (unpaired) electrons. The number of aromatic nitrogens is 2. The first-order valence-corrected chi connectivity index (χ1v) is 7.23. The lowest BCUT2D eigenvalue weighted by molar-refractivity contribution is 0.0947. The second kappa shape index (κ2) is 7.77. The summed E-state index contributed by atoms with van der Waals surface area (Å²) in [5.74, 6) is -0.0457. The summed E-state index contributed by atoms with van der Waals surface area (Å²) < 4.78 is 1.82. The molecule has 6 nitrogen and oxygen atoms in total. The molecule has 1 aromatic heterocycles. The number of halogens is 1. The van der Waals surface area contributed by atoms with E-state index in [-0.39, 0.29) is 23.9 Å². The fourth-order valence-corrected chi connectivity index (χ4v) is 2.17. The molecule has 2 rings (SSSR count). The minimum absolute atomic E-state index is 0. The van der Waals surface area contributed by atoms with Crippen LogP contribution in [-0.2, 0) is 5.54 Å². The highest BCUT2D eigenvalue weighted by atomic mass is 35.5. The van der Waals surface area contributed by atoms with Crippen molar-refractivity contribution >= 4 is 18.3 Å². The van der Waals surface area contributed by atoms with Crippen LogP contribution in [0.1, 0.15) is 31.1 Å². The fraction of sp³-hybridized carbons (Fsp3) is 0.714. The van der Waals surface area contributed by atoms with Gasteiger partial charge in [0.05, 0.1) is 17.3 Å². The number of amides is 1. The molecule has 1 aliphatic heterocycles. The standard InChI is InChI=1S/C14H25N5O.ClH/c1-14(2,3)19-11-12(10-17-19)13(20)16-6-9-18-7-4-15-5-8-18;/h10-11,15H,4-9H2,1-3H3,(H,16,20);1H. The van der Waals surface area contributed by atoms with Gasteiger partial charge in [-0.3, -0.25) is 14.4 Å². The van der Waals surface area contributed by atoms with E-state index < -0.39 is 0 Å². The molecule has 0 spiro atoms. The lowest BCUT2D eigenvalue weighted by atomic mass is 10.1. The number of hydrogen-bond donors (Lipinski definition) is 2. The molecule has 2 N–H and O–H groups in total. The Morgan fingerprint density at radius 1 is 1.38 bits per heavy atom. The Labute approximate surface area is 132 Å². The molecule has 1 saturated heterocycles. The lowest BCUT2D eigenvalue weighted by Crippen LogP contribution is -2.46. The Bertz CT molecular complexity index is 448. The molecule has 0 aromatic carbocycles. The van der Waals surface area contributed by atoms with Crippen molar-refractivity contribution < 1.29 is 4.79 Å². The molecule has 0 atom stereocenters. The fourth-order valence-electron chi connectivity index (χ4n) is 2.17. The molecule has 1 fully saturated rings. The lowest BCUT2D eigenvalue weighted by Gasteiger charge is -2.27. The van der Waals surface area contributed by atoms with Gasteiger partial charge in [-0.25, -0.2) is 0 Å². The highest BCUT2D eigenvalue weighted by Crippen LogP contribution is 2.12. The molecule has 1 amide bonds. The van der Waals surface area contributed by atoms with Crippen LogP contribution in [0.5, 0.6) is 0 Å². The van der Waals surface area contributed by atoms with Gasteiger partial charge in [-0.05, 0) is 20.8 Å². The molecule has 0 bridgehead atoms. The summed E-state index contributed by atoms with van der Waals surface area (Å²) in [6.07, 6.45) is 3.44. The van der Waals surface area contributed by atoms with Crippen molar-refractivity contribution in [1.82, 2.24) is 25.3 Å². The third kappa shape index (κ3) is 5.30. The molecular weight excluding hydrogens is 290 g/mol. The molecule has 1 aliphatic rings. The van der Waals surface area contributed by atoms with Crippen LogP contribution in [0.3, 0.4) is 0 Å². The molecule has 7 heteroatoms. The minimum Gasteiger partial charge on any atom is -0.351 e. The van der Waals surface area contributed by atoms with Crippen LogP contribution >= 0.6 is 12.4 Å². The summed E-state index contributed by atoms with van der Waals surface area (Å²) >= 11 is 0. The predicted octanol–water partition coefficient (Wildman–Crippen LogP) is 0.695. The number of carbonyl (C=O) groups is 1. The minimum atomic E-state index is -0.0979. The highest BCUT2D eigenvalue weighted by Gasteiger charge is 2.16. The number of nitrogens with one attached hydrogen (secondary N) is 2. The van der Waals surface area contributed by atoms with Crippen LogP contribution < -0.4 is 10.6 Å². The summed E-state index contributed by atoms with van der Waals surface area (Å²) in [5, 5.41) is 10.5. The Morgan fingerprint density at radius 2 is 2.05 bits per heavy atom. The van der Waals surface area contributed by atoms with Crippen molar-refractivity contribution in [2.45, 2.75) is 26.3 Å². The van der Waals surface area contributed by atoms with Crippen molar-refractivity contribution in [1.29, 1.82) is 0 Å². The molecule has 0 saturated carbocycles. The van der Waals surface area contributed by atoms with E-state index >= 15 is 0 Å². The van der Waals surface area contributed by atoms with Gasteiger partial charge in [0.15, 0.2) is 0 Å². The largest absolute Gasteiger partial charge is 0.351 e. The van der Waals surface area contributed by atoms with Crippen LogP contribution in [0.25, 0.3) is 0 Å². The molecule has 120 valence electrons. The van der Waals surface area contributed by atoms with E-state index in [9.17, 15) is 4.79 Å². The maximum atomic E-state index is 12.0. The summed E-state index contributed by atoms with van der Waals surface area (Å²) in [7, 11) is 0. The van der Waals surface area contributed by atoms with E-state index in [0.29, 0.717) is 12.1 Å². The van der Waals surface area contributed by atoms with Crippen molar-refractivity contribution in [3.05, 3.63) is 18.0 Å². The Balaban J connectivity index is 0.00000220. The summed E-state index contributed by atoms with van der Waals surface area (Å²) in [6, 6.07) is 0. The number of piperazine rings is 1. The van der Waals surface area contributed by atoms with E-state index in [1.165, 1.54) is 0 Å². The van der Waals surface area contributed by atoms with Crippen molar-refractivity contribution in [2.24, 2.45) is 0 Å². The van der Waals surface area contributed by atoms with E-state index in [4.69, 9.17) is 0 Å². The first kappa shape index (κ1) is 17.9. The smallest absolute Gasteiger partial charge is 0.254 e. The molecule has 0 aliphatic carbocycles. The molecule has 0 unspecified atom stereocenters. The number of carbonyl (C=O) groups excluding carboxylic acids is 1. The van der Waals surface area contributed by atoms with Crippen LogP contribution in [-0.4, -0.2) is 59.9 Å². The topological polar surface area (TPSA) is 62.2 Å². The van der Waals surface area contributed by atoms with Gasteiger partial charge in [0, 0.05) is 45.5 Å². The third-order valence-corrected chi connectivity index (χ3v) is 3.46. The van der Waals surface area contributed by atoms with Crippen molar-refractivity contribution in [3.8, 4) is 0 Å². The maximum Gasteiger partial charge on any atom is 0.254 e. The van der Waals surface area contributed by atoms with Crippen LogP contribution in [0.2, 0.25) is 0 Å². The zero-order valence-electron chi connectivity index (χ0n) is 13.1. The normalized spacial score (nSPS) is 16.3. The van der Waals surface area contributed by atoms with Gasteiger partial charge in [-0.1, -0.05) is 0 Å². The summed E-state index contributed by atoms with van der Waals surface area (Å²) in [6.45, 7) is 11.9. The Morgan fingerprint density at radius 3 is 2.62 bits per heavy atom. The van der Waals surface area contributed by atoms with Crippen molar-refractivity contribution in [2.75, 3.05) is 39.3 Å². The second-order valence-corrected chi connectivity index (χ2v) is 6.19. The monoisotopic (exact) mass is 315 g/mol. The van der Waals surface area contributed by atoms with Gasteiger partial charge in [-0.2, -0.15) is 5.10 Å². The molecule has 2 heterocycles. The third-order valence-electron chi connectivity index (χ3n) is 3.46. The number of rotatable bonds is 4. The first-order valence-electron chi connectivity index (χ1n) is 7.23. The molecule has 1 aromatic rings. The van der Waals surface area contributed by atoms with E-state index in [1.54, 1.807) is 12.4 Å². The predicted molar refractivity (Wildman–Crippen MR) is 86.1 cm³/mol. The number of nitrogens with zero attached hydrogens (tertiary/aromatic N) is 3. The van der Waals surface area contributed by atoms with Gasteiger partial charge in [-0.15, -0.1) is 12.4 Å². The molecule has 21 heavy (non-hydrogen) atoms. The van der Waals surface area contributed by atoms with Crippen LogP contribution in [0.15, 0.2) is 12.4 Å². The quantitative estimate of drug-likeness (QED) is 0.858. The van der Waals surface area contributed by atoms with E-state index in [1.807, 2.05) is 4.68 Å². The first-order chi connectivity index (χ1) is 9.47. The van der Waals surface area contributed by atoms with Gasteiger partial charge < -0.3 is 10.6 Å². The number of hydrogen-bond acceptors (Lipinski definition) is 4. The zero-order valence-corrected chi connectivity index (χ0v) is 13.9. The van der Waals surface area contributed by atoms with E-state index in [2.05, 4.69) is 41.4 Å². The maximum absolute atomic E-state index is 12.0. The molecular formula is C14H26ClN5O. The zero-order chi connectivity index (χ0) is 14.6. The Kier molecular flexibility index (Phi) is 6.64. The van der Waals surface area contributed by atoms with Gasteiger partial charge in [0.1, 0.15) is 0 Å². The SMILES string of the molecule is CC(C)(C)n1cc(C(=O)NCCN2CCNCC2)cn1.Cl. The van der Waals surface area contributed by atoms with Crippen molar-refractivity contribution in [3.63, 3.8) is 0 Å². The van der Waals surface area contributed by atoms with Gasteiger partial charge >= 0.3 is 0 Å². The average Bonchev–Trinajstić information content (AvgIpc) is 2.89. The average molecular weight is 316 g/mol. The van der Waals surface area contributed by atoms with Crippen LogP contribution in [0.4, 0.5) is 0 Å². The second-order valence-electron chi connectivity index (χ2n) is 6.19. The van der Waals surface area contributed by atoms with Gasteiger partial charge in [0.2, 0.25) is 0 Å². The van der Waals surface area contributed by atoms with Crippen LogP contribution in [0, 0.1) is 0 Å². The van der Waals surface area contributed by atoms with E-state index in [0.717, 1.165) is 32.7 Å². The summed E-state index contributed by atoms with van der Waals surface area (Å²) in [5.41, 5.74) is 0.527. The highest BCUT2D eigenvalue weighted by molar-refractivity contribution is 5.93. The summed E-state index contributed by atoms with van der Waals surface area (Å²) in [4.78, 5) is 14.4. The Hall–Kier alpha value is -1.11. The van der Waals surface area contributed by atoms with Gasteiger partial charge in [0.25, 0.3) is 5.91 Å².